The van der Waals surface area contributed by atoms with Crippen LogP contribution >= 0.6 is 0 Å². The van der Waals surface area contributed by atoms with Crippen LogP contribution in [0.3, 0.4) is 0 Å². The highest BCUT2D eigenvalue weighted by Gasteiger charge is 2.22. The number of halogens is 2. The first kappa shape index (κ1) is 18.3. The summed E-state index contributed by atoms with van der Waals surface area (Å²) < 4.78 is 32.9. The highest BCUT2D eigenvalue weighted by Crippen LogP contribution is 2.23. The van der Waals surface area contributed by atoms with E-state index in [1.807, 2.05) is 0 Å². The average Bonchev–Trinajstić information content (AvgIpc) is 2.47. The average molecular weight is 314 g/mol. The zero-order valence-electron chi connectivity index (χ0n) is 13.5. The summed E-state index contributed by atoms with van der Waals surface area (Å²) in [5, 5.41) is 6.12. The van der Waals surface area contributed by atoms with E-state index in [0.717, 1.165) is 0 Å². The van der Waals surface area contributed by atoms with Crippen molar-refractivity contribution in [3.8, 4) is 0 Å². The Morgan fingerprint density at radius 3 is 2.41 bits per heavy atom. The number of aliphatic imine (C=N–C) groups is 1. The number of nitrogens with one attached hydrogen (secondary N) is 2. The van der Waals surface area contributed by atoms with Crippen molar-refractivity contribution in [2.75, 3.05) is 47.9 Å². The lowest BCUT2D eigenvalue weighted by atomic mass is 10.0. The Hall–Kier alpha value is -1.73. The number of rotatable bonds is 7. The summed E-state index contributed by atoms with van der Waals surface area (Å²) in [7, 11) is 6.80. The van der Waals surface area contributed by atoms with Gasteiger partial charge in [-0.05, 0) is 26.2 Å². The molecule has 1 aromatic rings. The molecule has 0 amide bonds. The van der Waals surface area contributed by atoms with Gasteiger partial charge in [0.1, 0.15) is 11.6 Å². The molecular formula is C15H24F2N4O. The summed E-state index contributed by atoms with van der Waals surface area (Å²) >= 11 is 0. The van der Waals surface area contributed by atoms with Gasteiger partial charge >= 0.3 is 0 Å². The van der Waals surface area contributed by atoms with Gasteiger partial charge in [0.2, 0.25) is 0 Å². The van der Waals surface area contributed by atoms with E-state index in [1.54, 1.807) is 33.2 Å². The van der Waals surface area contributed by atoms with Gasteiger partial charge in [-0.25, -0.2) is 8.78 Å². The first-order valence-corrected chi connectivity index (χ1v) is 7.05. The second kappa shape index (κ2) is 9.32. The predicted molar refractivity (Wildman–Crippen MR) is 84.0 cm³/mol. The van der Waals surface area contributed by atoms with Crippen LogP contribution in [0.4, 0.5) is 8.78 Å². The lowest BCUT2D eigenvalue weighted by Gasteiger charge is -2.26. The van der Waals surface area contributed by atoms with Crippen LogP contribution in [0.15, 0.2) is 23.2 Å². The quantitative estimate of drug-likeness (QED) is 0.453. The number of hydrogen-bond donors (Lipinski definition) is 2. The molecule has 0 heterocycles. The van der Waals surface area contributed by atoms with Crippen molar-refractivity contribution >= 4 is 5.96 Å². The number of hydrogen-bond acceptors (Lipinski definition) is 3. The van der Waals surface area contributed by atoms with Crippen molar-refractivity contribution in [1.82, 2.24) is 15.5 Å². The van der Waals surface area contributed by atoms with Crippen LogP contribution in [0, 0.1) is 11.6 Å². The minimum atomic E-state index is -0.553. The smallest absolute Gasteiger partial charge is 0.191 e. The van der Waals surface area contributed by atoms with Crippen molar-refractivity contribution in [2.24, 2.45) is 4.99 Å². The first-order chi connectivity index (χ1) is 10.5. The summed E-state index contributed by atoms with van der Waals surface area (Å²) in [5.74, 6) is -0.550. The van der Waals surface area contributed by atoms with E-state index in [-0.39, 0.29) is 5.56 Å². The first-order valence-electron chi connectivity index (χ1n) is 7.05. The largest absolute Gasteiger partial charge is 0.383 e. The normalized spacial score (nSPS) is 13.3. The Labute approximate surface area is 130 Å². The Bertz CT molecular complexity index is 474. The maximum Gasteiger partial charge on any atom is 0.191 e. The maximum atomic E-state index is 14.0. The fraction of sp³-hybridized carbons (Fsp3) is 0.533. The molecule has 0 fully saturated rings. The molecule has 0 spiro atoms. The molecule has 22 heavy (non-hydrogen) atoms. The van der Waals surface area contributed by atoms with Crippen molar-refractivity contribution in [3.63, 3.8) is 0 Å². The molecule has 1 rings (SSSR count). The number of ether oxygens (including phenoxy) is 1. The van der Waals surface area contributed by atoms with Crippen LogP contribution in [-0.2, 0) is 4.74 Å². The molecule has 0 aliphatic rings. The monoisotopic (exact) mass is 314 g/mol. The van der Waals surface area contributed by atoms with Gasteiger partial charge in [-0.2, -0.15) is 0 Å². The molecule has 7 heteroatoms. The predicted octanol–water partition coefficient (Wildman–Crippen LogP) is 1.38. The van der Waals surface area contributed by atoms with Crippen molar-refractivity contribution in [2.45, 2.75) is 6.04 Å². The minimum Gasteiger partial charge on any atom is -0.383 e. The third-order valence-electron chi connectivity index (χ3n) is 3.24. The summed E-state index contributed by atoms with van der Waals surface area (Å²) in [6.07, 6.45) is 0. The highest BCUT2D eigenvalue weighted by molar-refractivity contribution is 5.79. The fourth-order valence-corrected chi connectivity index (χ4v) is 2.06. The zero-order chi connectivity index (χ0) is 16.5. The standard InChI is InChI=1S/C15H24F2N4O/c1-18-15(19-8-9-22-4)20-10-13(21(2)3)14-11(16)6-5-7-12(14)17/h5-7,13H,8-10H2,1-4H3,(H2,18,19,20). The Morgan fingerprint density at radius 1 is 1.27 bits per heavy atom. The summed E-state index contributed by atoms with van der Waals surface area (Å²) in [5.41, 5.74) is 0.0485. The molecule has 0 aliphatic carbocycles. The molecule has 0 aliphatic heterocycles. The molecular weight excluding hydrogens is 290 g/mol. The van der Waals surface area contributed by atoms with Gasteiger partial charge in [0.05, 0.1) is 12.6 Å². The molecule has 5 nitrogen and oxygen atoms in total. The molecule has 0 radical (unpaired) electrons. The third-order valence-corrected chi connectivity index (χ3v) is 3.24. The molecule has 1 atom stereocenters. The molecule has 2 N–H and O–H groups in total. The topological polar surface area (TPSA) is 48.9 Å². The summed E-state index contributed by atoms with van der Waals surface area (Å²) in [4.78, 5) is 5.82. The minimum absolute atomic E-state index is 0.0485. The van der Waals surface area contributed by atoms with E-state index in [4.69, 9.17) is 4.74 Å². The number of benzene rings is 1. The molecule has 0 bridgehead atoms. The number of methoxy groups -OCH3 is 1. The Balaban J connectivity index is 2.77. The van der Waals surface area contributed by atoms with Gasteiger partial charge in [0.15, 0.2) is 5.96 Å². The summed E-state index contributed by atoms with van der Waals surface area (Å²) in [6.45, 7) is 1.45. The van der Waals surface area contributed by atoms with Gasteiger partial charge in [-0.1, -0.05) is 6.07 Å². The van der Waals surface area contributed by atoms with Crippen LogP contribution < -0.4 is 10.6 Å². The van der Waals surface area contributed by atoms with E-state index in [2.05, 4.69) is 15.6 Å². The van der Waals surface area contributed by atoms with Crippen molar-refractivity contribution < 1.29 is 13.5 Å². The summed E-state index contributed by atoms with van der Waals surface area (Å²) in [6, 6.07) is 3.43. The van der Waals surface area contributed by atoms with E-state index < -0.39 is 17.7 Å². The second-order valence-electron chi connectivity index (χ2n) is 4.99. The third kappa shape index (κ3) is 5.23. The van der Waals surface area contributed by atoms with Crippen molar-refractivity contribution in [3.05, 3.63) is 35.4 Å². The van der Waals surface area contributed by atoms with Gasteiger partial charge < -0.3 is 20.3 Å². The lowest BCUT2D eigenvalue weighted by Crippen LogP contribution is -2.43. The zero-order valence-corrected chi connectivity index (χ0v) is 13.5. The molecule has 1 aromatic carbocycles. The Morgan fingerprint density at radius 2 is 1.91 bits per heavy atom. The van der Waals surface area contributed by atoms with Crippen LogP contribution in [-0.4, -0.2) is 58.8 Å². The molecule has 1 unspecified atom stereocenters. The van der Waals surface area contributed by atoms with Gasteiger partial charge in [-0.15, -0.1) is 0 Å². The van der Waals surface area contributed by atoms with Crippen molar-refractivity contribution in [1.29, 1.82) is 0 Å². The number of guanidine groups is 1. The van der Waals surface area contributed by atoms with E-state index in [0.29, 0.717) is 25.7 Å². The van der Waals surface area contributed by atoms with Crippen LogP contribution in [0.5, 0.6) is 0 Å². The Kier molecular flexibility index (Phi) is 7.76. The highest BCUT2D eigenvalue weighted by atomic mass is 19.1. The van der Waals surface area contributed by atoms with E-state index >= 15 is 0 Å². The van der Waals surface area contributed by atoms with Gasteiger partial charge in [0.25, 0.3) is 0 Å². The maximum absolute atomic E-state index is 14.0. The van der Waals surface area contributed by atoms with Gasteiger partial charge in [-0.3, -0.25) is 4.99 Å². The van der Waals surface area contributed by atoms with Gasteiger partial charge in [0, 0.05) is 32.8 Å². The molecule has 124 valence electrons. The second-order valence-corrected chi connectivity index (χ2v) is 4.99. The molecule has 0 aromatic heterocycles. The SMILES string of the molecule is CN=C(NCCOC)NCC(c1c(F)cccc1F)N(C)C. The number of likely N-dealkylation sites (N-methyl/N-ethyl adjacent to an activating group) is 1. The molecule has 0 saturated heterocycles. The molecule has 0 saturated carbocycles. The van der Waals surface area contributed by atoms with Crippen LogP contribution in [0.25, 0.3) is 0 Å². The number of nitrogens with zero attached hydrogens (tertiary/aromatic N) is 2. The van der Waals surface area contributed by atoms with Crippen LogP contribution in [0.2, 0.25) is 0 Å². The van der Waals surface area contributed by atoms with E-state index in [1.165, 1.54) is 18.2 Å². The van der Waals surface area contributed by atoms with Crippen LogP contribution in [0.1, 0.15) is 11.6 Å². The lowest BCUT2D eigenvalue weighted by molar-refractivity contribution is 0.203. The fourth-order valence-electron chi connectivity index (χ4n) is 2.06. The van der Waals surface area contributed by atoms with E-state index in [9.17, 15) is 8.78 Å².